The van der Waals surface area contributed by atoms with Gasteiger partial charge in [0.25, 0.3) is 0 Å². The summed E-state index contributed by atoms with van der Waals surface area (Å²) in [6.45, 7) is 4.52. The highest BCUT2D eigenvalue weighted by Gasteiger charge is 2.23. The topological polar surface area (TPSA) is 29.3 Å². The molecule has 0 aliphatic carbocycles. The Morgan fingerprint density at radius 3 is 2.73 bits per heavy atom. The first-order valence-electron chi connectivity index (χ1n) is 5.79. The molecule has 0 saturated carbocycles. The van der Waals surface area contributed by atoms with E-state index in [0.29, 0.717) is 12.1 Å². The molecule has 2 N–H and O–H groups in total. The molecule has 0 spiro atoms. The molecule has 0 aromatic heterocycles. The van der Waals surface area contributed by atoms with Crippen LogP contribution >= 0.6 is 0 Å². The molecule has 2 rings (SSSR count). The minimum Gasteiger partial charge on any atom is -0.326 e. The van der Waals surface area contributed by atoms with Crippen molar-refractivity contribution < 1.29 is 0 Å². The average molecular weight is 204 g/mol. The van der Waals surface area contributed by atoms with Crippen molar-refractivity contribution in [3.63, 3.8) is 0 Å². The molecule has 2 heteroatoms. The molecular weight excluding hydrogens is 184 g/mol. The van der Waals surface area contributed by atoms with Crippen LogP contribution in [0.1, 0.15) is 18.9 Å². The van der Waals surface area contributed by atoms with Gasteiger partial charge < -0.3 is 5.73 Å². The quantitative estimate of drug-likeness (QED) is 0.811. The number of likely N-dealkylation sites (tertiary alicyclic amines) is 1. The minimum atomic E-state index is 0.392. The lowest BCUT2D eigenvalue weighted by molar-refractivity contribution is 0.254. The van der Waals surface area contributed by atoms with E-state index in [9.17, 15) is 0 Å². The normalized spacial score (nSPS) is 24.3. The van der Waals surface area contributed by atoms with Crippen LogP contribution in [0, 0.1) is 0 Å². The average Bonchev–Trinajstić information content (AvgIpc) is 2.66. The number of benzene rings is 1. The Morgan fingerprint density at radius 1 is 1.40 bits per heavy atom. The van der Waals surface area contributed by atoms with Crippen molar-refractivity contribution >= 4 is 0 Å². The maximum absolute atomic E-state index is 5.91. The minimum absolute atomic E-state index is 0.392. The molecule has 0 radical (unpaired) electrons. The third-order valence-electron chi connectivity index (χ3n) is 3.25. The maximum Gasteiger partial charge on any atom is 0.0180 e. The van der Waals surface area contributed by atoms with Crippen LogP contribution in [0.25, 0.3) is 0 Å². The van der Waals surface area contributed by atoms with Gasteiger partial charge >= 0.3 is 0 Å². The third kappa shape index (κ3) is 2.80. The van der Waals surface area contributed by atoms with Crippen LogP contribution in [0.15, 0.2) is 30.3 Å². The summed E-state index contributed by atoms with van der Waals surface area (Å²) in [6, 6.07) is 11.7. The number of hydrogen-bond acceptors (Lipinski definition) is 2. The van der Waals surface area contributed by atoms with Crippen LogP contribution in [0.2, 0.25) is 0 Å². The van der Waals surface area contributed by atoms with E-state index in [1.165, 1.54) is 5.56 Å². The first-order valence-corrected chi connectivity index (χ1v) is 5.79. The molecule has 82 valence electrons. The van der Waals surface area contributed by atoms with Gasteiger partial charge in [0, 0.05) is 25.2 Å². The molecule has 2 unspecified atom stereocenters. The second kappa shape index (κ2) is 4.77. The molecule has 1 aliphatic rings. The number of hydrogen-bond donors (Lipinski definition) is 1. The predicted octanol–water partition coefficient (Wildman–Crippen LogP) is 1.65. The van der Waals surface area contributed by atoms with E-state index in [1.807, 2.05) is 0 Å². The van der Waals surface area contributed by atoms with Crippen LogP contribution in [0.4, 0.5) is 0 Å². The molecular formula is C13H20N2. The molecule has 1 aliphatic heterocycles. The summed E-state index contributed by atoms with van der Waals surface area (Å²) >= 11 is 0. The van der Waals surface area contributed by atoms with Gasteiger partial charge in [0.15, 0.2) is 0 Å². The third-order valence-corrected chi connectivity index (χ3v) is 3.25. The summed E-state index contributed by atoms with van der Waals surface area (Å²) in [4.78, 5) is 2.50. The summed E-state index contributed by atoms with van der Waals surface area (Å²) < 4.78 is 0. The summed E-state index contributed by atoms with van der Waals surface area (Å²) in [5, 5.41) is 0. The van der Waals surface area contributed by atoms with E-state index < -0.39 is 0 Å². The smallest absolute Gasteiger partial charge is 0.0180 e. The predicted molar refractivity (Wildman–Crippen MR) is 63.8 cm³/mol. The van der Waals surface area contributed by atoms with Gasteiger partial charge in [-0.25, -0.2) is 0 Å². The van der Waals surface area contributed by atoms with Crippen LogP contribution in [-0.2, 0) is 6.42 Å². The zero-order valence-corrected chi connectivity index (χ0v) is 9.39. The Bertz CT molecular complexity index is 297. The van der Waals surface area contributed by atoms with Crippen molar-refractivity contribution in [2.75, 3.05) is 13.1 Å². The van der Waals surface area contributed by atoms with Gasteiger partial charge in [-0.05, 0) is 25.3 Å². The molecule has 15 heavy (non-hydrogen) atoms. The Balaban J connectivity index is 1.90. The van der Waals surface area contributed by atoms with Gasteiger partial charge in [-0.2, -0.15) is 0 Å². The highest BCUT2D eigenvalue weighted by Crippen LogP contribution is 2.14. The van der Waals surface area contributed by atoms with E-state index in [4.69, 9.17) is 5.73 Å². The second-order valence-electron chi connectivity index (χ2n) is 4.58. The number of nitrogens with zero attached hydrogens (tertiary/aromatic N) is 1. The van der Waals surface area contributed by atoms with Crippen molar-refractivity contribution in [1.29, 1.82) is 0 Å². The lowest BCUT2D eigenvalue weighted by atomic mass is 10.1. The first-order chi connectivity index (χ1) is 7.25. The second-order valence-corrected chi connectivity index (χ2v) is 4.58. The van der Waals surface area contributed by atoms with Gasteiger partial charge in [-0.15, -0.1) is 0 Å². The summed E-state index contributed by atoms with van der Waals surface area (Å²) in [5.41, 5.74) is 7.34. The zero-order valence-electron chi connectivity index (χ0n) is 9.39. The molecule has 1 saturated heterocycles. The van der Waals surface area contributed by atoms with Crippen LogP contribution in [0.3, 0.4) is 0 Å². The highest BCUT2D eigenvalue weighted by atomic mass is 15.2. The van der Waals surface area contributed by atoms with Gasteiger partial charge in [0.05, 0.1) is 0 Å². The van der Waals surface area contributed by atoms with Crippen molar-refractivity contribution in [2.24, 2.45) is 5.73 Å². The van der Waals surface area contributed by atoms with E-state index >= 15 is 0 Å². The van der Waals surface area contributed by atoms with Crippen LogP contribution < -0.4 is 5.73 Å². The van der Waals surface area contributed by atoms with Crippen molar-refractivity contribution in [3.8, 4) is 0 Å². The van der Waals surface area contributed by atoms with Crippen molar-refractivity contribution in [1.82, 2.24) is 4.90 Å². The van der Waals surface area contributed by atoms with E-state index in [0.717, 1.165) is 25.9 Å². The molecule has 0 amide bonds. The Hall–Kier alpha value is -0.860. The summed E-state index contributed by atoms with van der Waals surface area (Å²) in [7, 11) is 0. The fourth-order valence-electron chi connectivity index (χ4n) is 2.30. The fraction of sp³-hybridized carbons (Fsp3) is 0.538. The molecule has 1 aromatic rings. The summed E-state index contributed by atoms with van der Waals surface area (Å²) in [6.07, 6.45) is 2.28. The van der Waals surface area contributed by atoms with Crippen LogP contribution in [-0.4, -0.2) is 30.1 Å². The van der Waals surface area contributed by atoms with Crippen LogP contribution in [0.5, 0.6) is 0 Å². The van der Waals surface area contributed by atoms with Gasteiger partial charge in [-0.3, -0.25) is 4.90 Å². The highest BCUT2D eigenvalue weighted by molar-refractivity contribution is 5.15. The van der Waals surface area contributed by atoms with E-state index in [-0.39, 0.29) is 0 Å². The van der Waals surface area contributed by atoms with Crippen molar-refractivity contribution in [3.05, 3.63) is 35.9 Å². The molecule has 1 heterocycles. The largest absolute Gasteiger partial charge is 0.326 e. The molecule has 2 nitrogen and oxygen atoms in total. The van der Waals surface area contributed by atoms with Crippen molar-refractivity contribution in [2.45, 2.75) is 31.8 Å². The molecule has 1 fully saturated rings. The van der Waals surface area contributed by atoms with E-state index in [2.05, 4.69) is 42.2 Å². The molecule has 0 bridgehead atoms. The summed E-state index contributed by atoms with van der Waals surface area (Å²) in [5.74, 6) is 0. The monoisotopic (exact) mass is 204 g/mol. The zero-order chi connectivity index (χ0) is 10.7. The van der Waals surface area contributed by atoms with Gasteiger partial charge in [0.1, 0.15) is 0 Å². The van der Waals surface area contributed by atoms with E-state index in [1.54, 1.807) is 0 Å². The Kier molecular flexibility index (Phi) is 3.39. The Labute approximate surface area is 92.1 Å². The fourth-order valence-corrected chi connectivity index (χ4v) is 2.30. The Morgan fingerprint density at radius 2 is 2.13 bits per heavy atom. The lowest BCUT2D eigenvalue weighted by Gasteiger charge is -2.24. The first kappa shape index (κ1) is 10.7. The number of rotatable bonds is 3. The standard InChI is InChI=1S/C13H20N2/c1-11(15-8-7-13(14)10-15)9-12-5-3-2-4-6-12/h2-6,11,13H,7-10,14H2,1H3. The number of nitrogens with two attached hydrogens (primary N) is 1. The maximum atomic E-state index is 5.91. The molecule has 2 atom stereocenters. The van der Waals surface area contributed by atoms with Gasteiger partial charge in [-0.1, -0.05) is 30.3 Å². The lowest BCUT2D eigenvalue weighted by Crippen LogP contribution is -2.34. The molecule has 1 aromatic carbocycles. The SMILES string of the molecule is CC(Cc1ccccc1)N1CCC(N)C1. The van der Waals surface area contributed by atoms with Gasteiger partial charge in [0.2, 0.25) is 0 Å².